The van der Waals surface area contributed by atoms with Crippen molar-refractivity contribution in [1.29, 1.82) is 0 Å². The summed E-state index contributed by atoms with van der Waals surface area (Å²) in [6.45, 7) is 5.60. The fraction of sp³-hybridized carbons (Fsp3) is 0.250. The quantitative estimate of drug-likeness (QED) is 0.607. The van der Waals surface area contributed by atoms with Crippen molar-refractivity contribution in [2.75, 3.05) is 13.2 Å². The van der Waals surface area contributed by atoms with Gasteiger partial charge in [-0.15, -0.1) is 17.9 Å². The molecule has 2 rings (SSSR count). The van der Waals surface area contributed by atoms with E-state index in [9.17, 15) is 9.59 Å². The third kappa shape index (κ3) is 3.72. The molecule has 22 heavy (non-hydrogen) atoms. The minimum absolute atomic E-state index is 0.103. The van der Waals surface area contributed by atoms with Gasteiger partial charge in [-0.1, -0.05) is 18.2 Å². The zero-order valence-corrected chi connectivity index (χ0v) is 13.0. The molecule has 1 aromatic carbocycles. The van der Waals surface area contributed by atoms with Gasteiger partial charge in [-0.25, -0.2) is 4.79 Å². The summed E-state index contributed by atoms with van der Waals surface area (Å²) in [6.07, 6.45) is 1.52. The second-order valence-corrected chi connectivity index (χ2v) is 5.75. The van der Waals surface area contributed by atoms with Crippen LogP contribution in [0.1, 0.15) is 15.9 Å². The zero-order chi connectivity index (χ0) is 16.1. The van der Waals surface area contributed by atoms with Crippen LogP contribution in [-0.4, -0.2) is 36.2 Å². The smallest absolute Gasteiger partial charge is 0.328 e. The van der Waals surface area contributed by atoms with Crippen molar-refractivity contribution in [3.8, 4) is 0 Å². The lowest BCUT2D eigenvalue weighted by Crippen LogP contribution is -2.44. The van der Waals surface area contributed by atoms with Gasteiger partial charge in [-0.3, -0.25) is 4.79 Å². The van der Waals surface area contributed by atoms with E-state index in [4.69, 9.17) is 9.84 Å². The van der Waals surface area contributed by atoms with Crippen LogP contribution in [-0.2, 0) is 9.53 Å². The van der Waals surface area contributed by atoms with Gasteiger partial charge in [0.2, 0.25) is 0 Å². The average molecular weight is 319 g/mol. The van der Waals surface area contributed by atoms with Gasteiger partial charge in [0.25, 0.3) is 5.91 Å². The first kappa shape index (κ1) is 16.2. The largest absolute Gasteiger partial charge is 0.480 e. The average Bonchev–Trinajstić information content (AvgIpc) is 2.89. The fourth-order valence-electron chi connectivity index (χ4n) is 1.99. The molecule has 2 N–H and O–H groups in total. The van der Waals surface area contributed by atoms with Gasteiger partial charge in [0.05, 0.1) is 18.8 Å². The van der Waals surface area contributed by atoms with Crippen molar-refractivity contribution >= 4 is 33.3 Å². The molecule has 116 valence electrons. The molecular formula is C16H17NO4S. The van der Waals surface area contributed by atoms with Gasteiger partial charge in [-0.05, 0) is 18.6 Å². The van der Waals surface area contributed by atoms with Crippen molar-refractivity contribution in [1.82, 2.24) is 5.32 Å². The molecule has 5 nitrogen and oxygen atoms in total. The Morgan fingerprint density at radius 3 is 2.95 bits per heavy atom. The van der Waals surface area contributed by atoms with Gasteiger partial charge in [0, 0.05) is 15.5 Å². The molecule has 0 saturated carbocycles. The Morgan fingerprint density at radius 2 is 2.27 bits per heavy atom. The van der Waals surface area contributed by atoms with Crippen LogP contribution in [0.4, 0.5) is 0 Å². The molecule has 0 saturated heterocycles. The summed E-state index contributed by atoms with van der Waals surface area (Å²) in [5.74, 6) is -1.54. The number of thiophene rings is 1. The second-order valence-electron chi connectivity index (χ2n) is 4.84. The van der Waals surface area contributed by atoms with Crippen molar-refractivity contribution in [3.63, 3.8) is 0 Å². The summed E-state index contributed by atoms with van der Waals surface area (Å²) in [4.78, 5) is 23.5. The highest BCUT2D eigenvalue weighted by Crippen LogP contribution is 2.26. The van der Waals surface area contributed by atoms with Crippen LogP contribution >= 0.6 is 11.3 Å². The maximum atomic E-state index is 12.3. The summed E-state index contributed by atoms with van der Waals surface area (Å²) in [6, 6.07) is 4.71. The predicted molar refractivity (Wildman–Crippen MR) is 86.5 cm³/mol. The molecule has 6 heteroatoms. The highest BCUT2D eigenvalue weighted by Gasteiger charge is 2.22. The summed E-state index contributed by atoms with van der Waals surface area (Å²) in [5, 5.41) is 14.2. The van der Waals surface area contributed by atoms with Crippen molar-refractivity contribution in [2.24, 2.45) is 0 Å². The van der Waals surface area contributed by atoms with Gasteiger partial charge in [0.1, 0.15) is 0 Å². The number of carboxylic acids is 1. The normalized spacial score (nSPS) is 12.0. The Bertz CT molecular complexity index is 707. The molecule has 1 atom stereocenters. The number of hydrogen-bond donors (Lipinski definition) is 2. The van der Waals surface area contributed by atoms with Crippen molar-refractivity contribution in [2.45, 2.75) is 13.0 Å². The lowest BCUT2D eigenvalue weighted by molar-refractivity contribution is -0.140. The minimum atomic E-state index is -1.13. The third-order valence-corrected chi connectivity index (χ3v) is 4.04. The van der Waals surface area contributed by atoms with E-state index in [-0.39, 0.29) is 13.2 Å². The minimum Gasteiger partial charge on any atom is -0.480 e. The van der Waals surface area contributed by atoms with E-state index in [1.54, 1.807) is 5.38 Å². The molecule has 0 aliphatic heterocycles. The van der Waals surface area contributed by atoms with Gasteiger partial charge >= 0.3 is 5.97 Å². The van der Waals surface area contributed by atoms with Crippen LogP contribution < -0.4 is 5.32 Å². The van der Waals surface area contributed by atoms with Crippen LogP contribution in [0.5, 0.6) is 0 Å². The number of fused-ring (bicyclic) bond motifs is 1. The summed E-state index contributed by atoms with van der Waals surface area (Å²) >= 11 is 1.46. The second kappa shape index (κ2) is 7.20. The Morgan fingerprint density at radius 1 is 1.50 bits per heavy atom. The standard InChI is InChI=1S/C16H17NO4S/c1-3-6-21-8-13(16(19)20)17-15(18)12-9-22-14-7-10(2)4-5-11(12)14/h3-5,7,9,13H,1,6,8H2,2H3,(H,17,18)(H,19,20). The van der Waals surface area contributed by atoms with Crippen LogP contribution in [0.3, 0.4) is 0 Å². The topological polar surface area (TPSA) is 75.6 Å². The highest BCUT2D eigenvalue weighted by atomic mass is 32.1. The van der Waals surface area contributed by atoms with E-state index < -0.39 is 17.9 Å². The molecule has 1 unspecified atom stereocenters. The zero-order valence-electron chi connectivity index (χ0n) is 12.2. The Kier molecular flexibility index (Phi) is 5.30. The van der Waals surface area contributed by atoms with E-state index >= 15 is 0 Å². The summed E-state index contributed by atoms with van der Waals surface area (Å²) in [5.41, 5.74) is 1.59. The number of carbonyl (C=O) groups is 2. The number of nitrogens with one attached hydrogen (secondary N) is 1. The number of carbonyl (C=O) groups excluding carboxylic acids is 1. The Labute approximate surface area is 132 Å². The molecule has 1 aromatic heterocycles. The molecular weight excluding hydrogens is 302 g/mol. The first-order chi connectivity index (χ1) is 10.5. The van der Waals surface area contributed by atoms with Crippen LogP contribution in [0.25, 0.3) is 10.1 Å². The van der Waals surface area contributed by atoms with Crippen LogP contribution in [0.15, 0.2) is 36.2 Å². The number of benzene rings is 1. The van der Waals surface area contributed by atoms with E-state index in [1.165, 1.54) is 17.4 Å². The lowest BCUT2D eigenvalue weighted by Gasteiger charge is -2.14. The third-order valence-electron chi connectivity index (χ3n) is 3.10. The van der Waals surface area contributed by atoms with E-state index in [2.05, 4.69) is 11.9 Å². The van der Waals surface area contributed by atoms with Crippen molar-refractivity contribution in [3.05, 3.63) is 47.4 Å². The lowest BCUT2D eigenvalue weighted by atomic mass is 10.1. The predicted octanol–water partition coefficient (Wildman–Crippen LogP) is 2.60. The molecule has 1 amide bonds. The number of rotatable bonds is 7. The first-order valence-electron chi connectivity index (χ1n) is 6.73. The number of carboxylic acid groups (broad SMARTS) is 1. The number of aryl methyl sites for hydroxylation is 1. The molecule has 0 spiro atoms. The molecule has 2 aromatic rings. The number of amides is 1. The fourth-order valence-corrected chi connectivity index (χ4v) is 3.03. The summed E-state index contributed by atoms with van der Waals surface area (Å²) < 4.78 is 6.12. The molecule has 0 radical (unpaired) electrons. The molecule has 0 aliphatic rings. The highest BCUT2D eigenvalue weighted by molar-refractivity contribution is 7.17. The summed E-state index contributed by atoms with van der Waals surface area (Å²) in [7, 11) is 0. The molecule has 1 heterocycles. The number of hydrogen-bond acceptors (Lipinski definition) is 4. The van der Waals surface area contributed by atoms with E-state index in [0.717, 1.165) is 15.6 Å². The van der Waals surface area contributed by atoms with Gasteiger partial charge < -0.3 is 15.2 Å². The monoisotopic (exact) mass is 319 g/mol. The molecule has 0 aliphatic carbocycles. The first-order valence-corrected chi connectivity index (χ1v) is 7.61. The van der Waals surface area contributed by atoms with E-state index in [0.29, 0.717) is 5.56 Å². The maximum absolute atomic E-state index is 12.3. The maximum Gasteiger partial charge on any atom is 0.328 e. The Balaban J connectivity index is 2.14. The van der Waals surface area contributed by atoms with Gasteiger partial charge in [-0.2, -0.15) is 0 Å². The molecule has 0 bridgehead atoms. The van der Waals surface area contributed by atoms with E-state index in [1.807, 2.05) is 25.1 Å². The SMILES string of the molecule is C=CCOCC(NC(=O)c1csc2cc(C)ccc12)C(=O)O. The number of aliphatic carboxylic acids is 1. The Hall–Kier alpha value is -2.18. The van der Waals surface area contributed by atoms with Gasteiger partial charge in [0.15, 0.2) is 6.04 Å². The van der Waals surface area contributed by atoms with Crippen LogP contribution in [0, 0.1) is 6.92 Å². The number of ether oxygens (including phenoxy) is 1. The van der Waals surface area contributed by atoms with Crippen molar-refractivity contribution < 1.29 is 19.4 Å². The van der Waals surface area contributed by atoms with Crippen LogP contribution in [0.2, 0.25) is 0 Å². The molecule has 0 fully saturated rings.